The molecule has 1 aliphatic heterocycles. The molecule has 0 N–H and O–H groups in total. The third-order valence-corrected chi connectivity index (χ3v) is 6.36. The van der Waals surface area contributed by atoms with Gasteiger partial charge in [-0.2, -0.15) is 4.31 Å². The van der Waals surface area contributed by atoms with Crippen LogP contribution in [0, 0.1) is 11.6 Å². The van der Waals surface area contributed by atoms with Crippen molar-refractivity contribution in [3.8, 4) is 0 Å². The van der Waals surface area contributed by atoms with Gasteiger partial charge in [-0.25, -0.2) is 17.2 Å². The first-order valence-electron chi connectivity index (χ1n) is 8.15. The summed E-state index contributed by atoms with van der Waals surface area (Å²) in [5.74, 6) is -1.12. The number of sulfonamides is 1. The van der Waals surface area contributed by atoms with Gasteiger partial charge in [-0.15, -0.1) is 10.2 Å². The van der Waals surface area contributed by atoms with Gasteiger partial charge in [0.1, 0.15) is 12.2 Å². The molecule has 6 nitrogen and oxygen atoms in total. The van der Waals surface area contributed by atoms with Crippen molar-refractivity contribution < 1.29 is 17.2 Å². The topological polar surface area (TPSA) is 68.1 Å². The van der Waals surface area contributed by atoms with Crippen LogP contribution in [0.2, 0.25) is 0 Å². The van der Waals surface area contributed by atoms with Gasteiger partial charge in [-0.1, -0.05) is 13.8 Å². The summed E-state index contributed by atoms with van der Waals surface area (Å²) >= 11 is 0. The molecule has 0 radical (unpaired) electrons. The summed E-state index contributed by atoms with van der Waals surface area (Å²) in [4.78, 5) is -0.225. The van der Waals surface area contributed by atoms with Crippen molar-refractivity contribution in [1.82, 2.24) is 19.1 Å². The van der Waals surface area contributed by atoms with E-state index in [4.69, 9.17) is 0 Å². The maximum absolute atomic E-state index is 13.4. The highest BCUT2D eigenvalue weighted by Gasteiger charge is 2.31. The summed E-state index contributed by atoms with van der Waals surface area (Å²) in [5.41, 5.74) is 0. The average Bonchev–Trinajstić information content (AvgIpc) is 3.07. The summed E-state index contributed by atoms with van der Waals surface area (Å²) < 4.78 is 55.0. The van der Waals surface area contributed by atoms with E-state index >= 15 is 0 Å². The fourth-order valence-electron chi connectivity index (χ4n) is 3.09. The fraction of sp³-hybridized carbons (Fsp3) is 0.500. The second-order valence-electron chi connectivity index (χ2n) is 6.46. The van der Waals surface area contributed by atoms with Gasteiger partial charge >= 0.3 is 0 Å². The van der Waals surface area contributed by atoms with Crippen molar-refractivity contribution in [1.29, 1.82) is 0 Å². The predicted molar refractivity (Wildman–Crippen MR) is 87.5 cm³/mol. The van der Waals surface area contributed by atoms with E-state index < -0.39 is 21.7 Å². The summed E-state index contributed by atoms with van der Waals surface area (Å²) in [6.45, 7) is 4.68. The molecule has 0 bridgehead atoms. The van der Waals surface area contributed by atoms with Gasteiger partial charge in [0.15, 0.2) is 11.6 Å². The first-order chi connectivity index (χ1) is 11.8. The van der Waals surface area contributed by atoms with Gasteiger partial charge in [0.05, 0.1) is 4.90 Å². The van der Waals surface area contributed by atoms with Gasteiger partial charge in [0.25, 0.3) is 0 Å². The molecule has 1 saturated heterocycles. The minimum Gasteiger partial charge on any atom is -0.314 e. The van der Waals surface area contributed by atoms with Crippen molar-refractivity contribution in [2.24, 2.45) is 0 Å². The molecule has 2 heterocycles. The highest BCUT2D eigenvalue weighted by Crippen LogP contribution is 2.29. The lowest BCUT2D eigenvalue weighted by Crippen LogP contribution is -2.39. The Morgan fingerprint density at radius 2 is 1.84 bits per heavy atom. The second-order valence-corrected chi connectivity index (χ2v) is 8.40. The smallest absolute Gasteiger partial charge is 0.243 e. The van der Waals surface area contributed by atoms with Crippen LogP contribution in [0.1, 0.15) is 44.5 Å². The van der Waals surface area contributed by atoms with Crippen molar-refractivity contribution >= 4 is 10.0 Å². The quantitative estimate of drug-likeness (QED) is 0.830. The third kappa shape index (κ3) is 3.43. The first-order valence-corrected chi connectivity index (χ1v) is 9.59. The van der Waals surface area contributed by atoms with Crippen LogP contribution in [-0.2, 0) is 10.0 Å². The van der Waals surface area contributed by atoms with E-state index in [2.05, 4.69) is 10.2 Å². The summed E-state index contributed by atoms with van der Waals surface area (Å²) in [5, 5.41) is 8.08. The number of nitrogens with zero attached hydrogens (tertiary/aromatic N) is 4. The second kappa shape index (κ2) is 6.80. The number of halogens is 2. The maximum atomic E-state index is 13.4. The Bertz CT molecular complexity index is 859. The van der Waals surface area contributed by atoms with Crippen molar-refractivity contribution in [3.05, 3.63) is 42.0 Å². The average molecular weight is 370 g/mol. The summed E-state index contributed by atoms with van der Waals surface area (Å²) in [6.07, 6.45) is 2.90. The zero-order valence-corrected chi connectivity index (χ0v) is 14.9. The van der Waals surface area contributed by atoms with E-state index in [0.29, 0.717) is 25.9 Å². The molecule has 1 aromatic heterocycles. The van der Waals surface area contributed by atoms with Crippen LogP contribution in [0.5, 0.6) is 0 Å². The molecular formula is C16H20F2N4O2S. The molecule has 136 valence electrons. The molecule has 3 rings (SSSR count). The number of aromatic nitrogens is 3. The lowest BCUT2D eigenvalue weighted by atomic mass is 10.1. The number of piperidine rings is 1. The molecule has 0 aliphatic carbocycles. The Hall–Kier alpha value is -1.87. The monoisotopic (exact) mass is 370 g/mol. The molecule has 0 unspecified atom stereocenters. The molecule has 0 atom stereocenters. The molecule has 1 aliphatic rings. The van der Waals surface area contributed by atoms with Gasteiger partial charge in [0, 0.05) is 25.0 Å². The molecule has 9 heteroatoms. The van der Waals surface area contributed by atoms with Crippen LogP contribution in [0.4, 0.5) is 8.78 Å². The Kier molecular flexibility index (Phi) is 4.88. The first kappa shape index (κ1) is 17.9. The van der Waals surface area contributed by atoms with Crippen molar-refractivity contribution in [3.63, 3.8) is 0 Å². The van der Waals surface area contributed by atoms with Gasteiger partial charge < -0.3 is 4.57 Å². The van der Waals surface area contributed by atoms with E-state index in [1.54, 1.807) is 6.33 Å². The summed E-state index contributed by atoms with van der Waals surface area (Å²) in [7, 11) is -3.83. The molecule has 1 aromatic carbocycles. The Labute approximate surface area is 145 Å². The molecule has 1 fully saturated rings. The zero-order chi connectivity index (χ0) is 18.2. The van der Waals surface area contributed by atoms with Crippen LogP contribution < -0.4 is 0 Å². The van der Waals surface area contributed by atoms with E-state index in [1.807, 2.05) is 18.4 Å². The van der Waals surface area contributed by atoms with Crippen LogP contribution >= 0.6 is 0 Å². The molecule has 0 saturated carbocycles. The molecule has 0 amide bonds. The van der Waals surface area contributed by atoms with E-state index in [1.165, 1.54) is 4.31 Å². The van der Waals surface area contributed by atoms with Crippen molar-refractivity contribution in [2.45, 2.75) is 43.5 Å². The number of hydrogen-bond donors (Lipinski definition) is 0. The van der Waals surface area contributed by atoms with Crippen molar-refractivity contribution in [2.75, 3.05) is 13.1 Å². The number of hydrogen-bond acceptors (Lipinski definition) is 4. The van der Waals surface area contributed by atoms with Gasteiger partial charge in [-0.3, -0.25) is 0 Å². The Morgan fingerprint density at radius 1 is 1.16 bits per heavy atom. The van der Waals surface area contributed by atoms with Crippen LogP contribution in [0.25, 0.3) is 0 Å². The van der Waals surface area contributed by atoms with E-state index in [0.717, 1.165) is 24.0 Å². The lowest BCUT2D eigenvalue weighted by molar-refractivity contribution is 0.268. The predicted octanol–water partition coefficient (Wildman–Crippen LogP) is 2.71. The molecule has 2 aromatic rings. The molecular weight excluding hydrogens is 350 g/mol. The van der Waals surface area contributed by atoms with Gasteiger partial charge in [0.2, 0.25) is 10.0 Å². The van der Waals surface area contributed by atoms with E-state index in [-0.39, 0.29) is 16.9 Å². The minimum absolute atomic E-state index is 0.129. The maximum Gasteiger partial charge on any atom is 0.243 e. The van der Waals surface area contributed by atoms with Crippen LogP contribution in [0.3, 0.4) is 0 Å². The number of rotatable bonds is 4. The van der Waals surface area contributed by atoms with Crippen LogP contribution in [-0.4, -0.2) is 40.6 Å². The zero-order valence-electron chi connectivity index (χ0n) is 14.1. The fourth-order valence-corrected chi connectivity index (χ4v) is 4.58. The highest BCUT2D eigenvalue weighted by molar-refractivity contribution is 7.89. The third-order valence-electron chi connectivity index (χ3n) is 4.46. The SMILES string of the molecule is CC(C)c1nncn1C1CCN(S(=O)(=O)c2ccc(F)c(F)c2)CC1. The number of benzene rings is 1. The largest absolute Gasteiger partial charge is 0.314 e. The minimum atomic E-state index is -3.83. The summed E-state index contributed by atoms with van der Waals surface area (Å²) in [6, 6.07) is 2.79. The normalized spacial score (nSPS) is 17.3. The van der Waals surface area contributed by atoms with E-state index in [9.17, 15) is 17.2 Å². The van der Waals surface area contributed by atoms with Crippen LogP contribution in [0.15, 0.2) is 29.4 Å². The lowest BCUT2D eigenvalue weighted by Gasteiger charge is -2.32. The molecule has 25 heavy (non-hydrogen) atoms. The molecule has 0 spiro atoms. The standard InChI is InChI=1S/C16H20F2N4O2S/c1-11(2)16-20-19-10-22(16)12-5-7-21(8-6-12)25(23,24)13-3-4-14(17)15(18)9-13/h3-4,9-12H,5-8H2,1-2H3. The Balaban J connectivity index is 1.75. The highest BCUT2D eigenvalue weighted by atomic mass is 32.2. The Morgan fingerprint density at radius 3 is 2.44 bits per heavy atom. The van der Waals surface area contributed by atoms with Gasteiger partial charge in [-0.05, 0) is 31.0 Å².